The Hall–Kier alpha value is -2.60. The molecule has 0 amide bonds. The van der Waals surface area contributed by atoms with Gasteiger partial charge in [-0.15, -0.1) is 0 Å². The summed E-state index contributed by atoms with van der Waals surface area (Å²) in [5.74, 6) is -0.128. The Bertz CT molecular complexity index is 869. The van der Waals surface area contributed by atoms with Crippen LogP contribution in [-0.4, -0.2) is 24.9 Å². The summed E-state index contributed by atoms with van der Waals surface area (Å²) in [5, 5.41) is 14.5. The molecule has 0 aliphatic heterocycles. The van der Waals surface area contributed by atoms with Crippen LogP contribution in [0.15, 0.2) is 41.3 Å². The van der Waals surface area contributed by atoms with E-state index in [-0.39, 0.29) is 17.3 Å². The molecular weight excluding hydrogens is 292 g/mol. The van der Waals surface area contributed by atoms with Crippen LogP contribution in [0.4, 0.5) is 0 Å². The number of halogens is 1. The first-order valence-corrected chi connectivity index (χ1v) is 6.52. The van der Waals surface area contributed by atoms with E-state index in [1.165, 1.54) is 0 Å². The second-order valence-electron chi connectivity index (χ2n) is 4.43. The summed E-state index contributed by atoms with van der Waals surface area (Å²) in [6.45, 7) is 0. The predicted octanol–water partition coefficient (Wildman–Crippen LogP) is 2.20. The van der Waals surface area contributed by atoms with Crippen molar-refractivity contribution in [3.63, 3.8) is 0 Å². The van der Waals surface area contributed by atoms with Gasteiger partial charge in [-0.25, -0.2) is 0 Å². The van der Waals surface area contributed by atoms with Crippen molar-refractivity contribution in [2.45, 2.75) is 0 Å². The van der Waals surface area contributed by atoms with E-state index in [0.717, 1.165) is 0 Å². The van der Waals surface area contributed by atoms with Crippen molar-refractivity contribution in [2.75, 3.05) is 0 Å². The van der Waals surface area contributed by atoms with Crippen LogP contribution in [0.5, 0.6) is 5.88 Å². The van der Waals surface area contributed by atoms with Crippen LogP contribution in [0.1, 0.15) is 0 Å². The molecule has 7 heteroatoms. The molecule has 0 spiro atoms. The number of aromatic hydroxyl groups is 1. The zero-order chi connectivity index (χ0) is 15.0. The van der Waals surface area contributed by atoms with Crippen molar-refractivity contribution >= 4 is 11.6 Å². The highest BCUT2D eigenvalue weighted by atomic mass is 35.5. The summed E-state index contributed by atoms with van der Waals surface area (Å²) >= 11 is 6.06. The summed E-state index contributed by atoms with van der Waals surface area (Å²) in [6.07, 6.45) is 1.58. The molecule has 0 aliphatic rings. The number of aromatic amines is 1. The van der Waals surface area contributed by atoms with Crippen molar-refractivity contribution in [1.29, 1.82) is 0 Å². The highest BCUT2D eigenvalue weighted by Crippen LogP contribution is 2.30. The van der Waals surface area contributed by atoms with Gasteiger partial charge in [-0.05, 0) is 12.1 Å². The lowest BCUT2D eigenvalue weighted by Gasteiger charge is -2.07. The average Bonchev–Trinajstić information content (AvgIpc) is 2.86. The zero-order valence-electron chi connectivity index (χ0n) is 11.0. The summed E-state index contributed by atoms with van der Waals surface area (Å²) in [6, 6.07) is 8.46. The lowest BCUT2D eigenvalue weighted by atomic mass is 10.1. The van der Waals surface area contributed by atoms with Gasteiger partial charge in [-0.2, -0.15) is 10.1 Å². The van der Waals surface area contributed by atoms with Crippen molar-refractivity contribution in [3.05, 3.63) is 51.9 Å². The molecule has 0 unspecified atom stereocenters. The molecule has 0 radical (unpaired) electrons. The van der Waals surface area contributed by atoms with Crippen molar-refractivity contribution in [1.82, 2.24) is 19.7 Å². The van der Waals surface area contributed by atoms with Gasteiger partial charge in [0, 0.05) is 23.8 Å². The highest BCUT2D eigenvalue weighted by molar-refractivity contribution is 6.33. The molecule has 3 aromatic rings. The number of aryl methyl sites for hydroxylation is 1. The van der Waals surface area contributed by atoms with Crippen molar-refractivity contribution in [2.24, 2.45) is 7.05 Å². The molecule has 0 saturated carbocycles. The number of aromatic nitrogens is 4. The van der Waals surface area contributed by atoms with E-state index in [1.54, 1.807) is 48.3 Å². The molecule has 6 nitrogen and oxygen atoms in total. The monoisotopic (exact) mass is 302 g/mol. The molecule has 2 aromatic heterocycles. The van der Waals surface area contributed by atoms with Gasteiger partial charge in [0.15, 0.2) is 5.82 Å². The summed E-state index contributed by atoms with van der Waals surface area (Å²) < 4.78 is 1.55. The minimum absolute atomic E-state index is 0.0477. The Labute approximate surface area is 124 Å². The fourth-order valence-electron chi connectivity index (χ4n) is 2.10. The molecule has 2 N–H and O–H groups in total. The third-order valence-electron chi connectivity index (χ3n) is 3.11. The third kappa shape index (κ3) is 2.30. The number of hydrogen-bond acceptors (Lipinski definition) is 4. The van der Waals surface area contributed by atoms with Crippen molar-refractivity contribution < 1.29 is 5.11 Å². The van der Waals surface area contributed by atoms with Crippen LogP contribution in [0, 0.1) is 0 Å². The van der Waals surface area contributed by atoms with Crippen LogP contribution < -0.4 is 5.56 Å². The molecule has 0 fully saturated rings. The van der Waals surface area contributed by atoms with E-state index in [1.807, 2.05) is 0 Å². The summed E-state index contributed by atoms with van der Waals surface area (Å²) in [4.78, 5) is 19.0. The molecule has 0 aliphatic carbocycles. The SMILES string of the molecule is Cn1nccc1-c1nc(O)c(-c2ccccc2Cl)c(=O)[nH]1. The standard InChI is InChI=1S/C14H11ClN4O2/c1-19-10(6-7-16-19)12-17-13(20)11(14(21)18-12)8-4-2-3-5-9(8)15/h2-7H,1H3,(H2,17,18,20,21). The van der Waals surface area contributed by atoms with Crippen LogP contribution in [0.3, 0.4) is 0 Å². The maximum atomic E-state index is 12.3. The molecule has 0 bridgehead atoms. The average molecular weight is 303 g/mol. The van der Waals surface area contributed by atoms with Crippen LogP contribution in [0.25, 0.3) is 22.6 Å². The number of hydrogen-bond donors (Lipinski definition) is 2. The maximum Gasteiger partial charge on any atom is 0.263 e. The number of H-pyrrole nitrogens is 1. The highest BCUT2D eigenvalue weighted by Gasteiger charge is 2.17. The first-order valence-electron chi connectivity index (χ1n) is 6.14. The van der Waals surface area contributed by atoms with E-state index in [4.69, 9.17) is 11.6 Å². The number of benzene rings is 1. The van der Waals surface area contributed by atoms with E-state index in [0.29, 0.717) is 16.3 Å². The lowest BCUT2D eigenvalue weighted by molar-refractivity contribution is 0.454. The smallest absolute Gasteiger partial charge is 0.263 e. The first kappa shape index (κ1) is 13.4. The number of nitrogens with zero attached hydrogens (tertiary/aromatic N) is 3. The summed E-state index contributed by atoms with van der Waals surface area (Å²) in [7, 11) is 1.72. The Kier molecular flexibility index (Phi) is 3.23. The van der Waals surface area contributed by atoms with E-state index in [9.17, 15) is 9.90 Å². The molecular formula is C14H11ClN4O2. The quantitative estimate of drug-likeness (QED) is 0.760. The zero-order valence-corrected chi connectivity index (χ0v) is 11.8. The lowest BCUT2D eigenvalue weighted by Crippen LogP contribution is -2.13. The van der Waals surface area contributed by atoms with Gasteiger partial charge in [0.25, 0.3) is 5.56 Å². The molecule has 106 valence electrons. The second kappa shape index (κ2) is 5.06. The molecule has 1 aromatic carbocycles. The number of nitrogens with one attached hydrogen (secondary N) is 1. The van der Waals surface area contributed by atoms with E-state index < -0.39 is 5.56 Å². The van der Waals surface area contributed by atoms with Gasteiger partial charge >= 0.3 is 0 Å². The van der Waals surface area contributed by atoms with Gasteiger partial charge in [0.05, 0.1) is 0 Å². The fourth-order valence-corrected chi connectivity index (χ4v) is 2.33. The molecule has 2 heterocycles. The largest absolute Gasteiger partial charge is 0.493 e. The maximum absolute atomic E-state index is 12.3. The Morgan fingerprint density at radius 1 is 1.29 bits per heavy atom. The Balaban J connectivity index is 2.21. The topological polar surface area (TPSA) is 83.8 Å². The fraction of sp³-hybridized carbons (Fsp3) is 0.0714. The van der Waals surface area contributed by atoms with Crippen LogP contribution >= 0.6 is 11.6 Å². The minimum Gasteiger partial charge on any atom is -0.493 e. The number of rotatable bonds is 2. The van der Waals surface area contributed by atoms with Gasteiger partial charge in [-0.1, -0.05) is 29.8 Å². The van der Waals surface area contributed by atoms with Gasteiger partial charge < -0.3 is 10.1 Å². The Morgan fingerprint density at radius 3 is 2.67 bits per heavy atom. The molecule has 0 saturated heterocycles. The first-order chi connectivity index (χ1) is 10.1. The molecule has 0 atom stereocenters. The molecule has 21 heavy (non-hydrogen) atoms. The van der Waals surface area contributed by atoms with Crippen LogP contribution in [-0.2, 0) is 7.05 Å². The third-order valence-corrected chi connectivity index (χ3v) is 3.44. The predicted molar refractivity (Wildman–Crippen MR) is 79.2 cm³/mol. The summed E-state index contributed by atoms with van der Waals surface area (Å²) in [5.41, 5.74) is 0.605. The van der Waals surface area contributed by atoms with E-state index in [2.05, 4.69) is 15.1 Å². The van der Waals surface area contributed by atoms with Crippen LogP contribution in [0.2, 0.25) is 5.02 Å². The minimum atomic E-state index is -0.466. The van der Waals surface area contributed by atoms with Gasteiger partial charge in [0.1, 0.15) is 11.3 Å². The second-order valence-corrected chi connectivity index (χ2v) is 4.84. The normalized spacial score (nSPS) is 10.8. The molecule has 3 rings (SSSR count). The van der Waals surface area contributed by atoms with Gasteiger partial charge in [0.2, 0.25) is 5.88 Å². The van der Waals surface area contributed by atoms with E-state index >= 15 is 0 Å². The van der Waals surface area contributed by atoms with Crippen molar-refractivity contribution in [3.8, 4) is 28.5 Å². The Morgan fingerprint density at radius 2 is 2.05 bits per heavy atom. The van der Waals surface area contributed by atoms with Gasteiger partial charge in [-0.3, -0.25) is 9.48 Å².